The molecule has 6 saturated carbocycles. The highest BCUT2D eigenvalue weighted by Gasteiger charge is 2.68. The molecular formula is C27H41NO6. The molecule has 0 aromatic heterocycles. The molecule has 34 heavy (non-hydrogen) atoms. The summed E-state index contributed by atoms with van der Waals surface area (Å²) in [4.78, 5) is 50.5. The summed E-state index contributed by atoms with van der Waals surface area (Å²) in [5.74, 6) is 1.23. The molecule has 1 heterocycles. The van der Waals surface area contributed by atoms with E-state index in [-0.39, 0.29) is 29.2 Å². The maximum atomic E-state index is 12.6. The number of carbonyl (C=O) groups is 2. The maximum Gasteiger partial charge on any atom is 0.256 e. The minimum absolute atomic E-state index is 0.00669. The molecule has 0 N–H and O–H groups in total. The molecule has 190 valence electrons. The Morgan fingerprint density at radius 2 is 1.35 bits per heavy atom. The Hall–Kier alpha value is -1.28. The van der Waals surface area contributed by atoms with Crippen LogP contribution in [0.25, 0.3) is 0 Å². The first kappa shape index (κ1) is 24.4. The van der Waals surface area contributed by atoms with E-state index < -0.39 is 17.5 Å². The van der Waals surface area contributed by atoms with Gasteiger partial charge in [-0.05, 0) is 69.1 Å². The monoisotopic (exact) mass is 475 g/mol. The van der Waals surface area contributed by atoms with E-state index in [1.54, 1.807) is 6.92 Å². The Kier molecular flexibility index (Phi) is 5.64. The van der Waals surface area contributed by atoms with Crippen LogP contribution in [-0.4, -0.2) is 40.8 Å². The van der Waals surface area contributed by atoms with Gasteiger partial charge in [0.05, 0.1) is 6.54 Å². The number of carbonyl (C=O) groups excluding carboxylic acids is 2. The van der Waals surface area contributed by atoms with Crippen LogP contribution in [0.1, 0.15) is 87.0 Å². The molecule has 1 aliphatic heterocycles. The smallest absolute Gasteiger partial charge is 0.256 e. The fraction of sp³-hybridized carbons (Fsp3) is 0.852. The van der Waals surface area contributed by atoms with Crippen molar-refractivity contribution in [1.82, 2.24) is 4.90 Å². The molecule has 0 aromatic carbocycles. The van der Waals surface area contributed by atoms with Crippen molar-refractivity contribution in [1.29, 1.82) is 0 Å². The molecule has 0 saturated heterocycles. The minimum atomic E-state index is -1.02. The van der Waals surface area contributed by atoms with E-state index in [1.165, 1.54) is 18.9 Å². The lowest BCUT2D eigenvalue weighted by Crippen LogP contribution is -2.69. The Morgan fingerprint density at radius 1 is 0.882 bits per heavy atom. The number of nitrogens with zero attached hydrogens (tertiary/aromatic N) is 1. The van der Waals surface area contributed by atoms with Gasteiger partial charge in [0.2, 0.25) is 6.29 Å². The van der Waals surface area contributed by atoms with Gasteiger partial charge in [0.15, 0.2) is 0 Å². The van der Waals surface area contributed by atoms with Gasteiger partial charge in [-0.3, -0.25) is 14.5 Å². The van der Waals surface area contributed by atoms with Crippen LogP contribution in [0.15, 0.2) is 11.6 Å². The quantitative estimate of drug-likeness (QED) is 0.214. The second-order valence-corrected chi connectivity index (χ2v) is 12.9. The second-order valence-electron chi connectivity index (χ2n) is 12.9. The van der Waals surface area contributed by atoms with Gasteiger partial charge in [-0.25, -0.2) is 9.78 Å². The molecular weight excluding hydrogens is 434 g/mol. The lowest BCUT2D eigenvalue weighted by atomic mass is 9.43. The Balaban J connectivity index is 1.32. The van der Waals surface area contributed by atoms with Crippen molar-refractivity contribution in [2.75, 3.05) is 6.54 Å². The van der Waals surface area contributed by atoms with Gasteiger partial charge in [0.1, 0.15) is 11.2 Å². The maximum absolute atomic E-state index is 12.6. The van der Waals surface area contributed by atoms with Crippen LogP contribution in [-0.2, 0) is 29.1 Å². The third kappa shape index (κ3) is 3.16. The summed E-state index contributed by atoms with van der Waals surface area (Å²) in [6.07, 6.45) is 6.85. The summed E-state index contributed by atoms with van der Waals surface area (Å²) in [7, 11) is 0. The zero-order valence-corrected chi connectivity index (χ0v) is 21.8. The zero-order chi connectivity index (χ0) is 24.7. The molecule has 7 rings (SSSR count). The first-order chi connectivity index (χ1) is 15.9. The van der Waals surface area contributed by atoms with Crippen LogP contribution in [0.2, 0.25) is 0 Å². The lowest BCUT2D eigenvalue weighted by molar-refractivity contribution is -0.547. The molecule has 2 amide bonds. The molecule has 6 unspecified atom stereocenters. The molecule has 0 spiro atoms. The number of hydrogen-bond donors (Lipinski definition) is 0. The van der Waals surface area contributed by atoms with Crippen molar-refractivity contribution in [3.63, 3.8) is 0 Å². The van der Waals surface area contributed by atoms with Crippen molar-refractivity contribution in [2.24, 2.45) is 34.5 Å². The molecule has 0 radical (unpaired) electrons. The summed E-state index contributed by atoms with van der Waals surface area (Å²) in [6, 6.07) is 0. The van der Waals surface area contributed by atoms with E-state index in [9.17, 15) is 9.59 Å². The van der Waals surface area contributed by atoms with E-state index in [4.69, 9.17) is 19.6 Å². The first-order valence-corrected chi connectivity index (χ1v) is 13.1. The van der Waals surface area contributed by atoms with E-state index in [2.05, 4.69) is 41.5 Å². The predicted octanol–water partition coefficient (Wildman–Crippen LogP) is 4.95. The second kappa shape index (κ2) is 7.86. The van der Waals surface area contributed by atoms with Gasteiger partial charge in [-0.2, -0.15) is 9.78 Å². The lowest BCUT2D eigenvalue weighted by Gasteiger charge is -2.67. The van der Waals surface area contributed by atoms with E-state index in [0.29, 0.717) is 29.2 Å². The Labute approximate surface area is 203 Å². The van der Waals surface area contributed by atoms with Crippen molar-refractivity contribution in [2.45, 2.75) is 104 Å². The molecule has 7 heteroatoms. The molecule has 6 atom stereocenters. The van der Waals surface area contributed by atoms with Crippen LogP contribution in [0.3, 0.4) is 0 Å². The number of hydrogen-bond acceptors (Lipinski definition) is 6. The van der Waals surface area contributed by atoms with Gasteiger partial charge in [0.25, 0.3) is 11.8 Å². The van der Waals surface area contributed by atoms with Crippen molar-refractivity contribution in [3.05, 3.63) is 11.6 Å². The van der Waals surface area contributed by atoms with Crippen LogP contribution < -0.4 is 0 Å². The highest BCUT2D eigenvalue weighted by molar-refractivity contribution is 6.15. The van der Waals surface area contributed by atoms with Crippen molar-refractivity contribution < 1.29 is 29.1 Å². The summed E-state index contributed by atoms with van der Waals surface area (Å²) in [5, 5.41) is 0. The Morgan fingerprint density at radius 3 is 1.71 bits per heavy atom. The van der Waals surface area contributed by atoms with Gasteiger partial charge in [-0.1, -0.05) is 41.5 Å². The molecule has 6 fully saturated rings. The molecule has 7 nitrogen and oxygen atoms in total. The largest absolute Gasteiger partial charge is 0.270 e. The SMILES string of the molecule is CC1=CC(=O)N(CC(OOC23CC(CCC2C)C3(C)C)OOC23CC(CCC2C)C3(C)C)C1=O. The summed E-state index contributed by atoms with van der Waals surface area (Å²) in [5.41, 5.74) is -0.403. The standard InChI is InChI=1S/C27H41NO6/c1-16-12-21(29)28(23(16)30)15-22(31-33-26-13-19(24(26,4)5)10-8-17(26)2)32-34-27-14-20(25(27,6)7)11-9-18(27)3/h12,17-20,22H,8-11,13-15H2,1-7H3. The van der Waals surface area contributed by atoms with Crippen LogP contribution >= 0.6 is 0 Å². The van der Waals surface area contributed by atoms with E-state index >= 15 is 0 Å². The topological polar surface area (TPSA) is 74.3 Å². The van der Waals surface area contributed by atoms with Gasteiger partial charge >= 0.3 is 0 Å². The molecule has 4 bridgehead atoms. The summed E-state index contributed by atoms with van der Waals surface area (Å²) >= 11 is 0. The fourth-order valence-electron chi connectivity index (χ4n) is 7.93. The van der Waals surface area contributed by atoms with E-state index in [0.717, 1.165) is 30.6 Å². The van der Waals surface area contributed by atoms with Gasteiger partial charge in [0, 0.05) is 22.5 Å². The summed E-state index contributed by atoms with van der Waals surface area (Å²) in [6.45, 7) is 15.0. The van der Waals surface area contributed by atoms with Gasteiger partial charge in [-0.15, -0.1) is 0 Å². The van der Waals surface area contributed by atoms with Crippen LogP contribution in [0.5, 0.6) is 0 Å². The zero-order valence-electron chi connectivity index (χ0n) is 21.8. The van der Waals surface area contributed by atoms with Crippen molar-refractivity contribution >= 4 is 11.8 Å². The average molecular weight is 476 g/mol. The average Bonchev–Trinajstić information content (AvgIpc) is 3.02. The van der Waals surface area contributed by atoms with Crippen LogP contribution in [0, 0.1) is 34.5 Å². The third-order valence-electron chi connectivity index (χ3n) is 10.9. The number of fused-ring (bicyclic) bond motifs is 4. The summed E-state index contributed by atoms with van der Waals surface area (Å²) < 4.78 is 0. The predicted molar refractivity (Wildman–Crippen MR) is 125 cm³/mol. The minimum Gasteiger partial charge on any atom is -0.270 e. The Bertz CT molecular complexity index is 863. The first-order valence-electron chi connectivity index (χ1n) is 13.1. The number of imide groups is 1. The highest BCUT2D eigenvalue weighted by atomic mass is 17.3. The molecule has 7 aliphatic rings. The molecule has 6 aliphatic carbocycles. The number of rotatable bonds is 8. The fourth-order valence-corrected chi connectivity index (χ4v) is 7.93. The third-order valence-corrected chi connectivity index (χ3v) is 10.9. The van der Waals surface area contributed by atoms with E-state index in [1.807, 2.05) is 0 Å². The van der Waals surface area contributed by atoms with Crippen LogP contribution in [0.4, 0.5) is 0 Å². The number of amides is 2. The normalized spacial score (nSPS) is 42.7. The highest BCUT2D eigenvalue weighted by Crippen LogP contribution is 2.67. The van der Waals surface area contributed by atoms with Gasteiger partial charge < -0.3 is 0 Å². The molecule has 0 aromatic rings. The van der Waals surface area contributed by atoms with Crippen molar-refractivity contribution in [3.8, 4) is 0 Å².